The average Bonchev–Trinajstić information content (AvgIpc) is 2.63. The fraction of sp³-hybridized carbons (Fsp3) is 0.333. The highest BCUT2D eigenvalue weighted by Crippen LogP contribution is 2.19. The number of rotatable bonds is 8. The van der Waals surface area contributed by atoms with Gasteiger partial charge in [-0.25, -0.2) is 0 Å². The number of carbonyl (C=O) groups is 1. The number of nitriles is 1. The van der Waals surface area contributed by atoms with Gasteiger partial charge in [-0.05, 0) is 37.1 Å². The first-order chi connectivity index (χ1) is 12.1. The highest BCUT2D eigenvalue weighted by atomic mass is 16.2. The summed E-state index contributed by atoms with van der Waals surface area (Å²) < 4.78 is 0. The minimum Gasteiger partial charge on any atom is -0.325 e. The van der Waals surface area contributed by atoms with Crippen LogP contribution in [-0.2, 0) is 11.2 Å². The van der Waals surface area contributed by atoms with Gasteiger partial charge in [-0.15, -0.1) is 0 Å². The fourth-order valence-corrected chi connectivity index (χ4v) is 2.74. The van der Waals surface area contributed by atoms with Crippen LogP contribution in [0.1, 0.15) is 25.0 Å². The van der Waals surface area contributed by atoms with Gasteiger partial charge in [0, 0.05) is 12.2 Å². The van der Waals surface area contributed by atoms with Crippen molar-refractivity contribution in [2.24, 2.45) is 5.92 Å². The summed E-state index contributed by atoms with van der Waals surface area (Å²) in [5.74, 6) is -0.134. The van der Waals surface area contributed by atoms with Crippen molar-refractivity contribution >= 4 is 11.6 Å². The second-order valence-electron chi connectivity index (χ2n) is 6.23. The molecular formula is C21H25N3O. The largest absolute Gasteiger partial charge is 0.325 e. The topological polar surface area (TPSA) is 56.1 Å². The second kappa shape index (κ2) is 9.61. The van der Waals surface area contributed by atoms with Crippen LogP contribution >= 0.6 is 0 Å². The molecule has 0 aliphatic rings. The van der Waals surface area contributed by atoms with E-state index in [0.717, 1.165) is 24.2 Å². The molecule has 0 aromatic heterocycles. The van der Waals surface area contributed by atoms with Gasteiger partial charge in [0.25, 0.3) is 0 Å². The van der Waals surface area contributed by atoms with Crippen molar-refractivity contribution in [2.45, 2.75) is 20.3 Å². The van der Waals surface area contributed by atoms with Crippen molar-refractivity contribution < 1.29 is 4.79 Å². The number of nitrogens with one attached hydrogen (secondary N) is 1. The summed E-state index contributed by atoms with van der Waals surface area (Å²) in [6.45, 7) is 5.51. The number of benzene rings is 2. The van der Waals surface area contributed by atoms with Gasteiger partial charge in [0.2, 0.25) is 5.91 Å². The van der Waals surface area contributed by atoms with Crippen molar-refractivity contribution in [1.82, 2.24) is 4.90 Å². The maximum absolute atomic E-state index is 12.4. The van der Waals surface area contributed by atoms with E-state index in [1.54, 1.807) is 0 Å². The van der Waals surface area contributed by atoms with Crippen LogP contribution < -0.4 is 5.32 Å². The standard InChI is InChI=1S/C21H25N3O/c1-3-24(15-17(2)14-22)16-21(25)23-20-12-8-7-11-19(20)13-18-9-5-4-6-10-18/h4-12,17H,3,13,15-16H2,1-2H3,(H,23,25)/t17-/m0/s1. The summed E-state index contributed by atoms with van der Waals surface area (Å²) in [6, 6.07) is 20.3. The molecule has 0 heterocycles. The van der Waals surface area contributed by atoms with Gasteiger partial charge < -0.3 is 5.32 Å². The van der Waals surface area contributed by atoms with Gasteiger partial charge in [0.05, 0.1) is 18.5 Å². The van der Waals surface area contributed by atoms with Crippen molar-refractivity contribution in [3.63, 3.8) is 0 Å². The van der Waals surface area contributed by atoms with E-state index in [4.69, 9.17) is 5.26 Å². The Morgan fingerprint density at radius 2 is 1.84 bits per heavy atom. The molecule has 0 unspecified atom stereocenters. The van der Waals surface area contributed by atoms with Gasteiger partial charge in [-0.1, -0.05) is 55.5 Å². The highest BCUT2D eigenvalue weighted by molar-refractivity contribution is 5.93. The first-order valence-corrected chi connectivity index (χ1v) is 8.66. The maximum Gasteiger partial charge on any atom is 0.238 e. The van der Waals surface area contributed by atoms with Crippen LogP contribution in [0.4, 0.5) is 5.69 Å². The highest BCUT2D eigenvalue weighted by Gasteiger charge is 2.13. The fourth-order valence-electron chi connectivity index (χ4n) is 2.74. The Bertz CT molecular complexity index is 721. The summed E-state index contributed by atoms with van der Waals surface area (Å²) in [4.78, 5) is 14.4. The molecule has 0 aliphatic carbocycles. The Morgan fingerprint density at radius 3 is 2.52 bits per heavy atom. The average molecular weight is 335 g/mol. The molecule has 4 nitrogen and oxygen atoms in total. The molecule has 1 atom stereocenters. The molecule has 0 saturated heterocycles. The zero-order chi connectivity index (χ0) is 18.1. The third-order valence-electron chi connectivity index (χ3n) is 4.10. The van der Waals surface area contributed by atoms with E-state index in [-0.39, 0.29) is 11.8 Å². The molecule has 0 fully saturated rings. The van der Waals surface area contributed by atoms with Crippen molar-refractivity contribution in [1.29, 1.82) is 5.26 Å². The Hall–Kier alpha value is -2.64. The molecule has 4 heteroatoms. The molecule has 0 radical (unpaired) electrons. The molecule has 2 aromatic rings. The molecular weight excluding hydrogens is 310 g/mol. The van der Waals surface area contributed by atoms with Gasteiger partial charge in [-0.2, -0.15) is 5.26 Å². The van der Waals surface area contributed by atoms with Crippen molar-refractivity contribution in [3.05, 3.63) is 65.7 Å². The molecule has 0 saturated carbocycles. The third-order valence-corrected chi connectivity index (χ3v) is 4.10. The van der Waals surface area contributed by atoms with Crippen LogP contribution in [0.15, 0.2) is 54.6 Å². The zero-order valence-electron chi connectivity index (χ0n) is 14.9. The lowest BCUT2D eigenvalue weighted by atomic mass is 10.0. The van der Waals surface area contributed by atoms with Crippen molar-refractivity contribution in [2.75, 3.05) is 25.0 Å². The smallest absolute Gasteiger partial charge is 0.238 e. The van der Waals surface area contributed by atoms with Crippen LogP contribution in [0.3, 0.4) is 0 Å². The molecule has 0 spiro atoms. The minimum atomic E-state index is -0.0851. The number of anilines is 1. The lowest BCUT2D eigenvalue weighted by Gasteiger charge is -2.21. The first kappa shape index (κ1) is 18.7. The number of carbonyl (C=O) groups excluding carboxylic acids is 1. The van der Waals surface area contributed by atoms with Gasteiger partial charge in [0.1, 0.15) is 0 Å². The molecule has 1 amide bonds. The van der Waals surface area contributed by atoms with Crippen molar-refractivity contribution in [3.8, 4) is 6.07 Å². The van der Waals surface area contributed by atoms with E-state index in [9.17, 15) is 4.79 Å². The minimum absolute atomic E-state index is 0.0486. The molecule has 0 bridgehead atoms. The van der Waals surface area contributed by atoms with E-state index < -0.39 is 0 Å². The summed E-state index contributed by atoms with van der Waals surface area (Å²) in [5.41, 5.74) is 3.15. The van der Waals surface area contributed by atoms with Gasteiger partial charge in [-0.3, -0.25) is 9.69 Å². The number of likely N-dealkylation sites (N-methyl/N-ethyl adjacent to an activating group) is 1. The van der Waals surface area contributed by atoms with E-state index in [1.807, 2.05) is 61.2 Å². The summed E-state index contributed by atoms with van der Waals surface area (Å²) in [5, 5.41) is 12.0. The number of hydrogen-bond donors (Lipinski definition) is 1. The quantitative estimate of drug-likeness (QED) is 0.800. The molecule has 0 aliphatic heterocycles. The first-order valence-electron chi connectivity index (χ1n) is 8.66. The zero-order valence-corrected chi connectivity index (χ0v) is 14.9. The lowest BCUT2D eigenvalue weighted by molar-refractivity contribution is -0.117. The third kappa shape index (κ3) is 6.06. The predicted molar refractivity (Wildman–Crippen MR) is 101 cm³/mol. The van der Waals surface area contributed by atoms with Crippen LogP contribution in [-0.4, -0.2) is 30.4 Å². The lowest BCUT2D eigenvalue weighted by Crippen LogP contribution is -2.36. The van der Waals surface area contributed by atoms with Crippen LogP contribution in [0.2, 0.25) is 0 Å². The van der Waals surface area contributed by atoms with Gasteiger partial charge >= 0.3 is 0 Å². The normalized spacial score (nSPS) is 11.8. The molecule has 2 aromatic carbocycles. The number of amides is 1. The Labute approximate surface area is 150 Å². The molecule has 25 heavy (non-hydrogen) atoms. The van der Waals surface area contributed by atoms with E-state index in [1.165, 1.54) is 5.56 Å². The predicted octanol–water partition coefficient (Wildman–Crippen LogP) is 3.70. The van der Waals surface area contributed by atoms with E-state index in [0.29, 0.717) is 13.1 Å². The summed E-state index contributed by atoms with van der Waals surface area (Å²) in [7, 11) is 0. The van der Waals surface area contributed by atoms with Crippen LogP contribution in [0.5, 0.6) is 0 Å². The summed E-state index contributed by atoms with van der Waals surface area (Å²) in [6.07, 6.45) is 0.778. The van der Waals surface area contributed by atoms with E-state index >= 15 is 0 Å². The second-order valence-corrected chi connectivity index (χ2v) is 6.23. The Balaban J connectivity index is 2.02. The van der Waals surface area contributed by atoms with Crippen LogP contribution in [0, 0.1) is 17.2 Å². The monoisotopic (exact) mass is 335 g/mol. The van der Waals surface area contributed by atoms with Crippen LogP contribution in [0.25, 0.3) is 0 Å². The number of nitrogens with zero attached hydrogens (tertiary/aromatic N) is 2. The molecule has 1 N–H and O–H groups in total. The molecule has 2 rings (SSSR count). The Kier molecular flexibility index (Phi) is 7.18. The maximum atomic E-state index is 12.4. The Morgan fingerprint density at radius 1 is 1.16 bits per heavy atom. The van der Waals surface area contributed by atoms with Gasteiger partial charge in [0.15, 0.2) is 0 Å². The number of para-hydroxylation sites is 1. The summed E-state index contributed by atoms with van der Waals surface area (Å²) >= 11 is 0. The SMILES string of the molecule is CCN(CC(=O)Nc1ccccc1Cc1ccccc1)C[C@@H](C)C#N. The molecule has 130 valence electrons. The number of hydrogen-bond acceptors (Lipinski definition) is 3. The van der Waals surface area contributed by atoms with E-state index in [2.05, 4.69) is 23.5 Å².